The van der Waals surface area contributed by atoms with Crippen molar-refractivity contribution in [2.75, 3.05) is 12.4 Å². The van der Waals surface area contributed by atoms with E-state index < -0.39 is 11.9 Å². The van der Waals surface area contributed by atoms with Crippen LogP contribution >= 0.6 is 11.3 Å². The summed E-state index contributed by atoms with van der Waals surface area (Å²) in [5.41, 5.74) is 1.57. The molecule has 0 atom stereocenters. The number of para-hydroxylation sites is 1. The molecule has 3 aromatic rings. The van der Waals surface area contributed by atoms with Crippen LogP contribution in [-0.4, -0.2) is 28.7 Å². The lowest BCUT2D eigenvalue weighted by Gasteiger charge is -2.07. The number of thiazole rings is 1. The van der Waals surface area contributed by atoms with Crippen LogP contribution in [0.1, 0.15) is 15.9 Å². The van der Waals surface area contributed by atoms with Gasteiger partial charge in [-0.1, -0.05) is 23.5 Å². The van der Waals surface area contributed by atoms with Gasteiger partial charge in [-0.05, 0) is 35.9 Å². The number of aromatic nitrogens is 1. The van der Waals surface area contributed by atoms with Crippen molar-refractivity contribution in [3.63, 3.8) is 0 Å². The van der Waals surface area contributed by atoms with Gasteiger partial charge in [-0.3, -0.25) is 14.2 Å². The predicted molar refractivity (Wildman–Crippen MR) is 105 cm³/mol. The zero-order valence-corrected chi connectivity index (χ0v) is 15.4. The number of hydrogen-bond acceptors (Lipinski definition) is 5. The number of carboxylic acid groups (broad SMARTS) is 1. The van der Waals surface area contributed by atoms with E-state index >= 15 is 0 Å². The molecule has 0 fully saturated rings. The summed E-state index contributed by atoms with van der Waals surface area (Å²) >= 11 is 1.06. The Balaban J connectivity index is 1.91. The number of aromatic carboxylic acids is 1. The molecule has 0 spiro atoms. The molecule has 3 rings (SSSR count). The topological polar surface area (TPSA) is 97.6 Å². The summed E-state index contributed by atoms with van der Waals surface area (Å²) in [6.07, 6.45) is 2.88. The van der Waals surface area contributed by atoms with Crippen molar-refractivity contribution in [1.29, 1.82) is 0 Å². The van der Waals surface area contributed by atoms with Crippen molar-refractivity contribution in [2.24, 2.45) is 7.05 Å². The summed E-state index contributed by atoms with van der Waals surface area (Å²) in [6, 6.07) is 9.64. The Labute approximate surface area is 158 Å². The molecule has 7 nitrogen and oxygen atoms in total. The van der Waals surface area contributed by atoms with Gasteiger partial charge in [0.2, 0.25) is 5.91 Å². The molecule has 1 heterocycles. The first kappa shape index (κ1) is 18.4. The summed E-state index contributed by atoms with van der Waals surface area (Å²) in [6.45, 7) is 0. The Morgan fingerprint density at radius 2 is 1.96 bits per heavy atom. The first-order valence-corrected chi connectivity index (χ1v) is 8.72. The maximum absolute atomic E-state index is 12.2. The predicted octanol–water partition coefficient (Wildman–Crippen LogP) is 2.96. The monoisotopic (exact) mass is 384 g/mol. The lowest BCUT2D eigenvalue weighted by molar-refractivity contribution is -0.111. The fourth-order valence-electron chi connectivity index (χ4n) is 2.66. The number of anilines is 1. The van der Waals surface area contributed by atoms with Crippen LogP contribution in [0.15, 0.2) is 47.3 Å². The van der Waals surface area contributed by atoms with Crippen molar-refractivity contribution < 1.29 is 19.4 Å². The Hall–Kier alpha value is -3.39. The Bertz CT molecular complexity index is 1130. The smallest absolute Gasteiger partial charge is 0.337 e. The second-order valence-corrected chi connectivity index (χ2v) is 6.60. The average molecular weight is 384 g/mol. The number of aryl methyl sites for hydroxylation is 1. The van der Waals surface area contributed by atoms with Gasteiger partial charge in [-0.15, -0.1) is 0 Å². The van der Waals surface area contributed by atoms with Crippen LogP contribution in [0.4, 0.5) is 5.69 Å². The van der Waals surface area contributed by atoms with E-state index in [-0.39, 0.29) is 16.1 Å². The molecular weight excluding hydrogens is 368 g/mol. The molecule has 0 aliphatic heterocycles. The fraction of sp³-hybridized carbons (Fsp3) is 0.105. The normalized spacial score (nSPS) is 11.0. The molecule has 2 aromatic carbocycles. The van der Waals surface area contributed by atoms with Crippen LogP contribution in [0.5, 0.6) is 5.75 Å². The third kappa shape index (κ3) is 3.61. The molecule has 138 valence electrons. The first-order chi connectivity index (χ1) is 12.9. The molecule has 0 saturated carbocycles. The van der Waals surface area contributed by atoms with Gasteiger partial charge < -0.3 is 15.2 Å². The standard InChI is InChI=1S/C19H16N2O5S/c1-21-16-14(26-2)9-7-11(17(16)27-19(21)25)8-10-15(22)20-13-6-4-3-5-12(13)18(23)24/h3-10H,1-2H3,(H,20,22)(H,23,24). The second-order valence-electron chi connectivity index (χ2n) is 5.64. The molecule has 0 aliphatic rings. The minimum atomic E-state index is -1.12. The van der Waals surface area contributed by atoms with E-state index in [9.17, 15) is 19.5 Å². The molecule has 0 radical (unpaired) electrons. The van der Waals surface area contributed by atoms with Crippen LogP contribution < -0.4 is 14.9 Å². The number of amides is 1. The molecule has 0 saturated heterocycles. The van der Waals surface area contributed by atoms with E-state index in [4.69, 9.17) is 4.74 Å². The number of rotatable bonds is 5. The van der Waals surface area contributed by atoms with Crippen LogP contribution in [0.25, 0.3) is 16.3 Å². The second kappa shape index (κ2) is 7.46. The van der Waals surface area contributed by atoms with Crippen molar-refractivity contribution in [2.45, 2.75) is 0 Å². The maximum atomic E-state index is 12.2. The van der Waals surface area contributed by atoms with Gasteiger partial charge in [0.05, 0.1) is 23.1 Å². The highest BCUT2D eigenvalue weighted by Crippen LogP contribution is 2.30. The van der Waals surface area contributed by atoms with E-state index in [1.807, 2.05) is 0 Å². The molecule has 0 aliphatic carbocycles. The van der Waals surface area contributed by atoms with Gasteiger partial charge in [0.1, 0.15) is 11.3 Å². The van der Waals surface area contributed by atoms with Crippen molar-refractivity contribution in [3.05, 3.63) is 63.3 Å². The van der Waals surface area contributed by atoms with Crippen LogP contribution in [-0.2, 0) is 11.8 Å². The highest BCUT2D eigenvalue weighted by atomic mass is 32.1. The number of hydrogen-bond donors (Lipinski definition) is 2. The maximum Gasteiger partial charge on any atom is 0.337 e. The molecule has 1 amide bonds. The molecule has 27 heavy (non-hydrogen) atoms. The summed E-state index contributed by atoms with van der Waals surface area (Å²) < 4.78 is 7.51. The molecule has 8 heteroatoms. The third-order valence-corrected chi connectivity index (χ3v) is 5.05. The van der Waals surface area contributed by atoms with Crippen molar-refractivity contribution >= 4 is 45.2 Å². The zero-order valence-electron chi connectivity index (χ0n) is 14.6. The molecule has 0 unspecified atom stereocenters. The summed E-state index contributed by atoms with van der Waals surface area (Å²) in [7, 11) is 3.19. The Kier molecular flexibility index (Phi) is 5.09. The number of carbonyl (C=O) groups excluding carboxylic acids is 1. The quantitative estimate of drug-likeness (QED) is 0.659. The van der Waals surface area contributed by atoms with Gasteiger partial charge in [0.15, 0.2) is 0 Å². The average Bonchev–Trinajstić information content (AvgIpc) is 2.95. The van der Waals surface area contributed by atoms with Crippen LogP contribution in [0.2, 0.25) is 0 Å². The van der Waals surface area contributed by atoms with E-state index in [1.165, 1.54) is 29.9 Å². The Morgan fingerprint density at radius 1 is 1.22 bits per heavy atom. The number of methoxy groups -OCH3 is 1. The van der Waals surface area contributed by atoms with E-state index in [2.05, 4.69) is 5.32 Å². The number of carbonyl (C=O) groups is 2. The van der Waals surface area contributed by atoms with E-state index in [1.54, 1.807) is 37.4 Å². The van der Waals surface area contributed by atoms with Gasteiger partial charge in [-0.25, -0.2) is 4.79 Å². The van der Waals surface area contributed by atoms with Crippen molar-refractivity contribution in [1.82, 2.24) is 4.57 Å². The fourth-order valence-corrected chi connectivity index (χ4v) is 3.65. The number of benzene rings is 2. The van der Waals surface area contributed by atoms with Gasteiger partial charge in [-0.2, -0.15) is 0 Å². The van der Waals surface area contributed by atoms with E-state index in [0.29, 0.717) is 21.5 Å². The van der Waals surface area contributed by atoms with Crippen LogP contribution in [0.3, 0.4) is 0 Å². The summed E-state index contributed by atoms with van der Waals surface area (Å²) in [5, 5.41) is 11.7. The SMILES string of the molecule is COc1ccc(C=CC(=O)Nc2ccccc2C(=O)O)c2sc(=O)n(C)c12. The lowest BCUT2D eigenvalue weighted by atomic mass is 10.1. The Morgan fingerprint density at radius 3 is 2.67 bits per heavy atom. The zero-order chi connectivity index (χ0) is 19.6. The first-order valence-electron chi connectivity index (χ1n) is 7.90. The van der Waals surface area contributed by atoms with Gasteiger partial charge in [0.25, 0.3) is 0 Å². The highest BCUT2D eigenvalue weighted by molar-refractivity contribution is 7.16. The highest BCUT2D eigenvalue weighted by Gasteiger charge is 2.13. The minimum absolute atomic E-state index is 0.00682. The minimum Gasteiger partial charge on any atom is -0.495 e. The number of fused-ring (bicyclic) bond motifs is 1. The van der Waals surface area contributed by atoms with Gasteiger partial charge >= 0.3 is 10.8 Å². The van der Waals surface area contributed by atoms with Gasteiger partial charge in [0, 0.05) is 13.1 Å². The largest absolute Gasteiger partial charge is 0.495 e. The van der Waals surface area contributed by atoms with Crippen molar-refractivity contribution in [3.8, 4) is 5.75 Å². The van der Waals surface area contributed by atoms with Crippen LogP contribution in [0, 0.1) is 0 Å². The summed E-state index contributed by atoms with van der Waals surface area (Å²) in [5.74, 6) is -1.03. The number of carboxylic acids is 1. The lowest BCUT2D eigenvalue weighted by Crippen LogP contribution is -2.11. The summed E-state index contributed by atoms with van der Waals surface area (Å²) in [4.78, 5) is 35.3. The molecule has 2 N–H and O–H groups in total. The number of ether oxygens (including phenoxy) is 1. The molecule has 1 aromatic heterocycles. The molecular formula is C19H16N2O5S. The molecule has 0 bridgehead atoms. The third-order valence-electron chi connectivity index (χ3n) is 3.97. The number of nitrogens with one attached hydrogen (secondary N) is 1. The number of nitrogens with zero attached hydrogens (tertiary/aromatic N) is 1. The van der Waals surface area contributed by atoms with E-state index in [0.717, 1.165) is 11.3 Å².